The number of ether oxygens (including phenoxy) is 4. The van der Waals surface area contributed by atoms with Crippen molar-refractivity contribution in [3.63, 3.8) is 0 Å². The smallest absolute Gasteiger partial charge is 0.302 e. The lowest BCUT2D eigenvalue weighted by atomic mass is 9.79. The van der Waals surface area contributed by atoms with Gasteiger partial charge in [0.05, 0.1) is 18.4 Å². The first-order valence-electron chi connectivity index (χ1n) is 18.3. The largest absolute Gasteiger partial charge is 0.504 e. The Morgan fingerprint density at radius 1 is 0.897 bits per heavy atom. The molecule has 1 aliphatic carbocycles. The van der Waals surface area contributed by atoms with E-state index in [-0.39, 0.29) is 71.0 Å². The number of amides is 1. The van der Waals surface area contributed by atoms with Crippen LogP contribution in [0.3, 0.4) is 0 Å². The number of fused-ring (bicyclic) bond motifs is 6. The topological polar surface area (TPSA) is 254 Å². The van der Waals surface area contributed by atoms with E-state index in [0.29, 0.717) is 23.5 Å². The minimum Gasteiger partial charge on any atom is -0.504 e. The van der Waals surface area contributed by atoms with Crippen molar-refractivity contribution in [1.29, 1.82) is 0 Å². The number of carbonyl (C=O) groups excluding carboxylic acids is 3. The first-order chi connectivity index (χ1) is 28.1. The van der Waals surface area contributed by atoms with Crippen molar-refractivity contribution in [2.45, 2.75) is 43.0 Å². The molecule has 17 heteroatoms. The van der Waals surface area contributed by atoms with E-state index in [9.17, 15) is 29.7 Å². The van der Waals surface area contributed by atoms with Crippen LogP contribution in [-0.4, -0.2) is 106 Å². The number of carbonyl (C=O) groups is 3. The summed E-state index contributed by atoms with van der Waals surface area (Å²) in [5, 5.41) is 34.9. The predicted molar refractivity (Wildman–Crippen MR) is 207 cm³/mol. The standard InChI is InChI=1S/C41H35N7O10/c42-28-15-19(9-12-44-28)10-14-56-37-35(53)33(51)27-17-55-13-11-20(21-5-3-4-8-26(21)48-18-45-30-38(48)46-41(43)47-39(30)54)24-16-25-29(34(52)36(24)58-40(37)57-27)32(50)23-7-2-1-6-22(23)31(25)49/h1-9,11-13,15-16,20,27,33,35,37,40,51-53H,10,14,17-18H2,(H2,42,44)(H2,43,47,54)/b13-11-/t20-,27-,33-,35+,37-,40+/m0/s1. The number of hydrogen-bond donors (Lipinski definition) is 5. The third kappa shape index (κ3) is 6.26. The Labute approximate surface area is 329 Å². The van der Waals surface area contributed by atoms with Crippen LogP contribution in [0.4, 0.5) is 11.5 Å². The third-order valence-electron chi connectivity index (χ3n) is 10.6. The van der Waals surface area contributed by atoms with Gasteiger partial charge in [0.2, 0.25) is 12.2 Å². The molecule has 1 saturated heterocycles. The van der Waals surface area contributed by atoms with E-state index < -0.39 is 59.8 Å². The number of nitrogens with two attached hydrogens (primary N) is 2. The number of ketones is 2. The number of aromatic hydroxyl groups is 1. The number of nitrogen functional groups attached to an aromatic ring is 1. The van der Waals surface area contributed by atoms with Gasteiger partial charge < -0.3 is 50.6 Å². The van der Waals surface area contributed by atoms with Gasteiger partial charge in [-0.1, -0.05) is 42.5 Å². The highest BCUT2D eigenvalue weighted by Gasteiger charge is 2.48. The van der Waals surface area contributed by atoms with Gasteiger partial charge in [-0.05, 0) is 47.9 Å². The molecule has 0 spiro atoms. The normalized spacial score (nSPS) is 25.4. The Morgan fingerprint density at radius 2 is 1.67 bits per heavy atom. The number of aliphatic imine (C=N–C) groups is 3. The minimum absolute atomic E-state index is 0.00625. The second kappa shape index (κ2) is 14.6. The summed E-state index contributed by atoms with van der Waals surface area (Å²) in [6.45, 7) is -0.222. The number of amidine groups is 1. The van der Waals surface area contributed by atoms with Crippen molar-refractivity contribution in [2.24, 2.45) is 20.7 Å². The molecule has 7 N–H and O–H groups in total. The number of aliphatic hydroxyl groups is 2. The number of phenolic OH excluding ortho intramolecular Hbond substituents is 1. The number of hydrogen-bond acceptors (Lipinski definition) is 16. The average Bonchev–Trinajstić information content (AvgIpc) is 3.63. The highest BCUT2D eigenvalue weighted by molar-refractivity contribution is 6.72. The molecule has 0 unspecified atom stereocenters. The molecule has 5 heterocycles. The van der Waals surface area contributed by atoms with Gasteiger partial charge in [0.1, 0.15) is 43.5 Å². The summed E-state index contributed by atoms with van der Waals surface area (Å²) in [7, 11) is 0. The van der Waals surface area contributed by atoms with E-state index >= 15 is 0 Å². The van der Waals surface area contributed by atoms with Gasteiger partial charge in [0.15, 0.2) is 34.6 Å². The fourth-order valence-electron chi connectivity index (χ4n) is 7.81. The van der Waals surface area contributed by atoms with Gasteiger partial charge in [-0.3, -0.25) is 19.4 Å². The van der Waals surface area contributed by atoms with E-state index in [4.69, 9.17) is 30.4 Å². The van der Waals surface area contributed by atoms with Crippen LogP contribution in [0.25, 0.3) is 0 Å². The van der Waals surface area contributed by atoms with Crippen molar-refractivity contribution in [3.8, 4) is 11.5 Å². The average molecular weight is 786 g/mol. The molecule has 4 aliphatic heterocycles. The second-order valence-corrected chi connectivity index (χ2v) is 14.1. The second-order valence-electron chi connectivity index (χ2n) is 14.1. The molecule has 4 aromatic rings. The Balaban J connectivity index is 1.19. The highest BCUT2D eigenvalue weighted by atomic mass is 16.7. The number of aliphatic hydroxyl groups excluding tert-OH is 2. The maximum atomic E-state index is 14.2. The van der Waals surface area contributed by atoms with Crippen LogP contribution < -0.4 is 21.1 Å². The lowest BCUT2D eigenvalue weighted by Crippen LogP contribution is -2.61. The summed E-state index contributed by atoms with van der Waals surface area (Å²) < 4.78 is 24.9. The van der Waals surface area contributed by atoms with E-state index in [0.717, 1.165) is 5.56 Å². The van der Waals surface area contributed by atoms with E-state index in [1.165, 1.54) is 18.4 Å². The number of benzene rings is 3. The van der Waals surface area contributed by atoms with Crippen LogP contribution in [0.1, 0.15) is 54.5 Å². The summed E-state index contributed by atoms with van der Waals surface area (Å²) >= 11 is 0. The zero-order chi connectivity index (χ0) is 40.2. The van der Waals surface area contributed by atoms with Gasteiger partial charge in [0.25, 0.3) is 0 Å². The molecular formula is C41H35N7O10. The first-order valence-corrected chi connectivity index (χ1v) is 18.3. The van der Waals surface area contributed by atoms with Gasteiger partial charge in [-0.15, -0.1) is 0 Å². The lowest BCUT2D eigenvalue weighted by molar-refractivity contribution is -0.287. The van der Waals surface area contributed by atoms with Gasteiger partial charge in [-0.25, -0.2) is 4.98 Å². The molecule has 58 heavy (non-hydrogen) atoms. The molecule has 1 amide bonds. The molecule has 0 saturated carbocycles. The van der Waals surface area contributed by atoms with Crippen molar-refractivity contribution in [2.75, 3.05) is 30.5 Å². The number of anilines is 2. The number of rotatable bonds is 6. The first kappa shape index (κ1) is 36.8. The maximum absolute atomic E-state index is 14.2. The molecule has 0 radical (unpaired) electrons. The van der Waals surface area contributed by atoms with Crippen LogP contribution in [0.2, 0.25) is 0 Å². The number of phenols is 1. The SMILES string of the molecule is NC1=NC(=O)C2=NCN(c3ccccc3[C@@H]3/C=C\OC[C@@H]4O[C@H](Oc5c3cc3c(c5O)C(=O)c5ccccc5C3=O)[C@@H](OCCc3ccnc(N)c3)[C@H](O)[C@H]4O)C2=N1. The number of guanidine groups is 1. The molecule has 2 bridgehead atoms. The summed E-state index contributed by atoms with van der Waals surface area (Å²) in [5.74, 6) is -3.31. The molecule has 9 rings (SSSR count). The molecule has 294 valence electrons. The van der Waals surface area contributed by atoms with Crippen molar-refractivity contribution < 1.29 is 48.7 Å². The van der Waals surface area contributed by atoms with Gasteiger partial charge in [0, 0.05) is 40.1 Å². The Kier molecular flexibility index (Phi) is 9.28. The van der Waals surface area contributed by atoms with Crippen molar-refractivity contribution in [3.05, 3.63) is 124 Å². The number of para-hydroxylation sites is 1. The Hall–Kier alpha value is -6.79. The van der Waals surface area contributed by atoms with Crippen LogP contribution in [0.15, 0.2) is 100 Å². The van der Waals surface area contributed by atoms with Crippen LogP contribution >= 0.6 is 0 Å². The number of nitrogens with zero attached hydrogens (tertiary/aromatic N) is 5. The summed E-state index contributed by atoms with van der Waals surface area (Å²) in [5.41, 5.74) is 13.7. The molecule has 1 aromatic heterocycles. The Morgan fingerprint density at radius 3 is 2.48 bits per heavy atom. The Bertz CT molecular complexity index is 2520. The van der Waals surface area contributed by atoms with Gasteiger partial charge in [-0.2, -0.15) is 9.98 Å². The fourth-order valence-corrected chi connectivity index (χ4v) is 7.81. The highest BCUT2D eigenvalue weighted by Crippen LogP contribution is 2.48. The monoisotopic (exact) mass is 785 g/mol. The molecule has 5 aliphatic rings. The molecule has 6 atom stereocenters. The molecule has 3 aromatic carbocycles. The fraction of sp³-hybridized carbons (Fsp3) is 0.244. The molecule has 17 nitrogen and oxygen atoms in total. The zero-order valence-electron chi connectivity index (χ0n) is 30.5. The van der Waals surface area contributed by atoms with E-state index in [1.54, 1.807) is 71.8 Å². The molecular weight excluding hydrogens is 750 g/mol. The van der Waals surface area contributed by atoms with Crippen molar-refractivity contribution >= 4 is 46.5 Å². The van der Waals surface area contributed by atoms with E-state index in [2.05, 4.69) is 20.0 Å². The number of pyridine rings is 1. The third-order valence-corrected chi connectivity index (χ3v) is 10.6. The maximum Gasteiger partial charge on any atom is 0.302 e. The zero-order valence-corrected chi connectivity index (χ0v) is 30.5. The number of allylic oxidation sites excluding steroid dienone is 1. The number of aromatic nitrogens is 1. The predicted octanol–water partition coefficient (Wildman–Crippen LogP) is 1.75. The van der Waals surface area contributed by atoms with Crippen molar-refractivity contribution in [1.82, 2.24) is 4.98 Å². The summed E-state index contributed by atoms with van der Waals surface area (Å²) in [6.07, 6.45) is -2.10. The summed E-state index contributed by atoms with van der Waals surface area (Å²) in [4.78, 5) is 59.1. The van der Waals surface area contributed by atoms with Crippen LogP contribution in [0, 0.1) is 0 Å². The van der Waals surface area contributed by atoms with Gasteiger partial charge >= 0.3 is 5.91 Å². The van der Waals surface area contributed by atoms with Crippen LogP contribution in [-0.2, 0) is 25.4 Å². The minimum atomic E-state index is -1.56. The summed E-state index contributed by atoms with van der Waals surface area (Å²) in [6, 6.07) is 18.3. The lowest BCUT2D eigenvalue weighted by Gasteiger charge is -2.42. The van der Waals surface area contributed by atoms with E-state index in [1.807, 2.05) is 0 Å². The molecule has 1 fully saturated rings. The quantitative estimate of drug-likeness (QED) is 0.165. The van der Waals surface area contributed by atoms with Crippen LogP contribution in [0.5, 0.6) is 11.5 Å².